The minimum Gasteiger partial charge on any atom is -0.382 e. The number of nitrogens with two attached hydrogens (primary N) is 1. The monoisotopic (exact) mass is 392 g/mol. The van der Waals surface area contributed by atoms with Crippen molar-refractivity contribution >= 4 is 39.7 Å². The standard InChI is InChI=1S/C20H20N6OS/c21-19-18-20(23-11-22-19)26(12-24-18)17-8-6-15(27-17)10-25-28-16-7-5-13-3-1-2-4-14(13)9-16/h1-5,7,9,11-12,15,17,25H,6,8,10H2,(H2,21,22,23). The molecule has 7 nitrogen and oxygen atoms in total. The van der Waals surface area contributed by atoms with E-state index >= 15 is 0 Å². The highest BCUT2D eigenvalue weighted by molar-refractivity contribution is 7.97. The molecule has 1 saturated heterocycles. The normalized spacial score (nSPS) is 19.6. The number of fused-ring (bicyclic) bond motifs is 2. The van der Waals surface area contributed by atoms with E-state index in [2.05, 4.69) is 62.1 Å². The maximum Gasteiger partial charge on any atom is 0.167 e. The molecule has 1 aliphatic heterocycles. The summed E-state index contributed by atoms with van der Waals surface area (Å²) >= 11 is 1.64. The van der Waals surface area contributed by atoms with Crippen molar-refractivity contribution in [1.29, 1.82) is 0 Å². The van der Waals surface area contributed by atoms with Crippen LogP contribution in [0.3, 0.4) is 0 Å². The molecule has 3 heterocycles. The van der Waals surface area contributed by atoms with Crippen molar-refractivity contribution in [1.82, 2.24) is 24.2 Å². The van der Waals surface area contributed by atoms with Gasteiger partial charge in [-0.25, -0.2) is 15.0 Å². The first-order valence-electron chi connectivity index (χ1n) is 9.25. The minimum atomic E-state index is -0.0724. The number of aromatic nitrogens is 4. The van der Waals surface area contributed by atoms with Crippen LogP contribution in [0, 0.1) is 0 Å². The molecule has 2 atom stereocenters. The summed E-state index contributed by atoms with van der Waals surface area (Å²) in [7, 11) is 0. The molecule has 0 saturated carbocycles. The smallest absolute Gasteiger partial charge is 0.167 e. The number of nitrogen functional groups attached to an aromatic ring is 1. The Balaban J connectivity index is 1.20. The van der Waals surface area contributed by atoms with Gasteiger partial charge in [0.1, 0.15) is 18.1 Å². The lowest BCUT2D eigenvalue weighted by atomic mass is 10.1. The highest BCUT2D eigenvalue weighted by Crippen LogP contribution is 2.31. The van der Waals surface area contributed by atoms with E-state index in [4.69, 9.17) is 10.5 Å². The summed E-state index contributed by atoms with van der Waals surface area (Å²) in [5.41, 5.74) is 7.21. The van der Waals surface area contributed by atoms with Crippen LogP contribution in [0.25, 0.3) is 21.9 Å². The van der Waals surface area contributed by atoms with Crippen molar-refractivity contribution in [3.05, 3.63) is 55.1 Å². The SMILES string of the molecule is Nc1ncnc2c1ncn2C1CCC(CNSc2ccc3ccccc3c2)O1. The van der Waals surface area contributed by atoms with Crippen LogP contribution < -0.4 is 10.5 Å². The van der Waals surface area contributed by atoms with Gasteiger partial charge in [-0.15, -0.1) is 0 Å². The van der Waals surface area contributed by atoms with Gasteiger partial charge < -0.3 is 10.5 Å². The summed E-state index contributed by atoms with van der Waals surface area (Å²) in [5, 5.41) is 2.51. The summed E-state index contributed by atoms with van der Waals surface area (Å²) < 4.78 is 11.6. The van der Waals surface area contributed by atoms with E-state index in [1.54, 1.807) is 18.3 Å². The lowest BCUT2D eigenvalue weighted by Crippen LogP contribution is -2.22. The van der Waals surface area contributed by atoms with Gasteiger partial charge in [0.15, 0.2) is 11.5 Å². The zero-order valence-corrected chi connectivity index (χ0v) is 16.0. The van der Waals surface area contributed by atoms with Crippen LogP contribution in [0.5, 0.6) is 0 Å². The number of hydrogen-bond acceptors (Lipinski definition) is 7. The van der Waals surface area contributed by atoms with E-state index in [0.29, 0.717) is 11.3 Å². The molecule has 0 spiro atoms. The summed E-state index contributed by atoms with van der Waals surface area (Å²) in [6, 6.07) is 14.9. The summed E-state index contributed by atoms with van der Waals surface area (Å²) in [4.78, 5) is 13.8. The van der Waals surface area contributed by atoms with E-state index < -0.39 is 0 Å². The Hall–Kier alpha value is -2.68. The fourth-order valence-corrected chi connectivity index (χ4v) is 4.33. The second-order valence-corrected chi connectivity index (χ2v) is 7.80. The quantitative estimate of drug-likeness (QED) is 0.502. The largest absolute Gasteiger partial charge is 0.382 e. The van der Waals surface area contributed by atoms with Gasteiger partial charge in [0, 0.05) is 11.4 Å². The molecule has 1 fully saturated rings. The maximum atomic E-state index is 6.21. The molecule has 5 rings (SSSR count). The number of imidazole rings is 1. The Morgan fingerprint density at radius 2 is 2.00 bits per heavy atom. The van der Waals surface area contributed by atoms with Gasteiger partial charge in [-0.2, -0.15) is 0 Å². The molecule has 0 radical (unpaired) electrons. The predicted molar refractivity (Wildman–Crippen MR) is 111 cm³/mol. The first kappa shape index (κ1) is 17.4. The van der Waals surface area contributed by atoms with E-state index in [-0.39, 0.29) is 12.3 Å². The summed E-state index contributed by atoms with van der Waals surface area (Å²) in [6.07, 6.45) is 5.18. The third kappa shape index (κ3) is 3.30. The fraction of sp³-hybridized carbons (Fsp3) is 0.250. The van der Waals surface area contributed by atoms with Crippen molar-refractivity contribution < 1.29 is 4.74 Å². The average Bonchev–Trinajstić information content (AvgIpc) is 3.35. The molecule has 0 amide bonds. The summed E-state index contributed by atoms with van der Waals surface area (Å²) in [5.74, 6) is 0.395. The van der Waals surface area contributed by atoms with Crippen molar-refractivity contribution in [2.24, 2.45) is 0 Å². The molecule has 142 valence electrons. The van der Waals surface area contributed by atoms with Crippen LogP contribution in [0.1, 0.15) is 19.1 Å². The van der Waals surface area contributed by atoms with Crippen LogP contribution >= 0.6 is 11.9 Å². The number of nitrogens with zero attached hydrogens (tertiary/aromatic N) is 4. The third-order valence-corrected chi connectivity index (χ3v) is 5.81. The Bertz CT molecular complexity index is 1130. The van der Waals surface area contributed by atoms with Gasteiger partial charge in [-0.3, -0.25) is 9.29 Å². The molecule has 2 unspecified atom stereocenters. The Morgan fingerprint density at radius 1 is 1.11 bits per heavy atom. The van der Waals surface area contributed by atoms with Crippen LogP contribution in [-0.4, -0.2) is 32.2 Å². The second-order valence-electron chi connectivity index (χ2n) is 6.83. The lowest BCUT2D eigenvalue weighted by molar-refractivity contribution is 0.00738. The minimum absolute atomic E-state index is 0.0724. The van der Waals surface area contributed by atoms with Crippen LogP contribution in [-0.2, 0) is 4.74 Å². The number of rotatable bonds is 5. The Morgan fingerprint density at radius 3 is 2.93 bits per heavy atom. The molecule has 1 aliphatic rings. The fourth-order valence-electron chi connectivity index (χ4n) is 3.57. The molecule has 4 aromatic rings. The van der Waals surface area contributed by atoms with E-state index in [1.807, 2.05) is 4.57 Å². The lowest BCUT2D eigenvalue weighted by Gasteiger charge is -2.15. The van der Waals surface area contributed by atoms with E-state index in [9.17, 15) is 0 Å². The molecule has 0 aliphatic carbocycles. The first-order valence-corrected chi connectivity index (χ1v) is 10.1. The number of anilines is 1. The number of nitrogens with one attached hydrogen (secondary N) is 1. The Kier molecular flexibility index (Phi) is 4.59. The molecule has 28 heavy (non-hydrogen) atoms. The maximum absolute atomic E-state index is 6.21. The van der Waals surface area contributed by atoms with Gasteiger partial charge in [-0.1, -0.05) is 30.3 Å². The number of ether oxygens (including phenoxy) is 1. The second kappa shape index (κ2) is 7.38. The summed E-state index contributed by atoms with van der Waals surface area (Å²) in [6.45, 7) is 0.776. The van der Waals surface area contributed by atoms with Gasteiger partial charge >= 0.3 is 0 Å². The average molecular weight is 392 g/mol. The highest BCUT2D eigenvalue weighted by atomic mass is 32.2. The van der Waals surface area contributed by atoms with Crippen molar-refractivity contribution in [2.75, 3.05) is 12.3 Å². The molecular formula is C20H20N6OS. The highest BCUT2D eigenvalue weighted by Gasteiger charge is 2.28. The van der Waals surface area contributed by atoms with E-state index in [0.717, 1.165) is 25.0 Å². The van der Waals surface area contributed by atoms with Gasteiger partial charge in [0.25, 0.3) is 0 Å². The first-order chi connectivity index (χ1) is 13.8. The van der Waals surface area contributed by atoms with Gasteiger partial charge in [0.2, 0.25) is 0 Å². The molecule has 2 aromatic heterocycles. The van der Waals surface area contributed by atoms with Gasteiger partial charge in [0.05, 0.1) is 12.4 Å². The number of benzene rings is 2. The topological polar surface area (TPSA) is 90.9 Å². The van der Waals surface area contributed by atoms with Crippen molar-refractivity contribution in [2.45, 2.75) is 30.1 Å². The Labute approximate surface area is 166 Å². The van der Waals surface area contributed by atoms with Crippen molar-refractivity contribution in [3.63, 3.8) is 0 Å². The molecule has 8 heteroatoms. The van der Waals surface area contributed by atoms with Gasteiger partial charge in [-0.05, 0) is 47.7 Å². The molecule has 3 N–H and O–H groups in total. The zero-order valence-electron chi connectivity index (χ0n) is 15.2. The molecule has 0 bridgehead atoms. The number of hydrogen-bond donors (Lipinski definition) is 2. The van der Waals surface area contributed by atoms with Crippen LogP contribution in [0.4, 0.5) is 5.82 Å². The predicted octanol–water partition coefficient (Wildman–Crippen LogP) is 3.54. The van der Waals surface area contributed by atoms with Crippen LogP contribution in [0.15, 0.2) is 60.0 Å². The molecular weight excluding hydrogens is 372 g/mol. The third-order valence-electron chi connectivity index (χ3n) is 5.00. The van der Waals surface area contributed by atoms with E-state index in [1.165, 1.54) is 22.0 Å². The van der Waals surface area contributed by atoms with Crippen molar-refractivity contribution in [3.8, 4) is 0 Å². The van der Waals surface area contributed by atoms with Crippen LogP contribution in [0.2, 0.25) is 0 Å². The zero-order chi connectivity index (χ0) is 18.9. The molecule has 2 aromatic carbocycles.